The highest BCUT2D eigenvalue weighted by Crippen LogP contribution is 2.37. The first-order chi connectivity index (χ1) is 17.8. The second-order valence-corrected chi connectivity index (χ2v) is 9.56. The fourth-order valence-electron chi connectivity index (χ4n) is 5.03. The number of likely N-dealkylation sites (tertiary alicyclic amines) is 1. The molecule has 192 valence electrons. The van der Waals surface area contributed by atoms with Crippen molar-refractivity contribution in [2.24, 2.45) is 4.99 Å². The number of amides is 1. The SMILES string of the molecule is COc1ncc(F)c([C@H](C)C(=O)N2CC[C@@]3(CCc4cc(C(=N)/N=c5/cccc[nH]5)c(C)nc4N3)C2)n1. The monoisotopic (exact) mass is 504 g/mol. The van der Waals surface area contributed by atoms with Crippen LogP contribution in [0.25, 0.3) is 0 Å². The van der Waals surface area contributed by atoms with Crippen molar-refractivity contribution in [1.29, 1.82) is 5.41 Å². The summed E-state index contributed by atoms with van der Waals surface area (Å²) in [7, 11) is 1.40. The number of carbonyl (C=O) groups is 1. The first-order valence-corrected chi connectivity index (χ1v) is 12.2. The summed E-state index contributed by atoms with van der Waals surface area (Å²) in [5.41, 5.74) is 2.75. The molecule has 1 fully saturated rings. The molecular formula is C26H29FN8O2. The van der Waals surface area contributed by atoms with E-state index in [2.05, 4.69) is 25.3 Å². The summed E-state index contributed by atoms with van der Waals surface area (Å²) in [4.78, 5) is 35.0. The number of pyridine rings is 2. The number of aromatic amines is 1. The highest BCUT2D eigenvalue weighted by Gasteiger charge is 2.43. The van der Waals surface area contributed by atoms with Crippen LogP contribution in [-0.4, -0.2) is 62.3 Å². The van der Waals surface area contributed by atoms with Crippen LogP contribution in [0.2, 0.25) is 0 Å². The molecule has 0 unspecified atom stereocenters. The zero-order valence-electron chi connectivity index (χ0n) is 21.0. The highest BCUT2D eigenvalue weighted by atomic mass is 19.1. The van der Waals surface area contributed by atoms with E-state index in [1.165, 1.54) is 7.11 Å². The van der Waals surface area contributed by atoms with E-state index >= 15 is 0 Å². The Balaban J connectivity index is 1.32. The van der Waals surface area contributed by atoms with Gasteiger partial charge in [0.05, 0.1) is 36.2 Å². The summed E-state index contributed by atoms with van der Waals surface area (Å²) < 4.78 is 19.4. The number of halogens is 1. The second kappa shape index (κ2) is 9.72. The summed E-state index contributed by atoms with van der Waals surface area (Å²) in [6.45, 7) is 4.58. The molecule has 2 atom stereocenters. The number of methoxy groups -OCH3 is 1. The van der Waals surface area contributed by atoms with Crippen LogP contribution in [0.4, 0.5) is 10.2 Å². The lowest BCUT2D eigenvalue weighted by molar-refractivity contribution is -0.131. The van der Waals surface area contributed by atoms with Crippen molar-refractivity contribution in [1.82, 2.24) is 24.8 Å². The van der Waals surface area contributed by atoms with Crippen molar-refractivity contribution < 1.29 is 13.9 Å². The number of aromatic nitrogens is 4. The molecule has 11 heteroatoms. The zero-order valence-corrected chi connectivity index (χ0v) is 21.0. The number of amidine groups is 1. The lowest BCUT2D eigenvalue weighted by Gasteiger charge is -2.36. The van der Waals surface area contributed by atoms with Gasteiger partial charge in [-0.15, -0.1) is 0 Å². The molecule has 2 aliphatic rings. The van der Waals surface area contributed by atoms with E-state index in [1.54, 1.807) is 18.0 Å². The van der Waals surface area contributed by atoms with Gasteiger partial charge in [0.15, 0.2) is 11.7 Å². The molecular weight excluding hydrogens is 475 g/mol. The fourth-order valence-corrected chi connectivity index (χ4v) is 5.03. The molecule has 5 rings (SSSR count). The first kappa shape index (κ1) is 24.5. The van der Waals surface area contributed by atoms with E-state index in [-0.39, 0.29) is 29.0 Å². The van der Waals surface area contributed by atoms with Crippen molar-refractivity contribution in [2.75, 3.05) is 25.5 Å². The Bertz CT molecular complexity index is 1420. The van der Waals surface area contributed by atoms with E-state index < -0.39 is 11.7 Å². The van der Waals surface area contributed by atoms with Gasteiger partial charge in [0, 0.05) is 24.8 Å². The van der Waals surface area contributed by atoms with Gasteiger partial charge in [0.25, 0.3) is 0 Å². The number of aryl methyl sites for hydroxylation is 2. The van der Waals surface area contributed by atoms with Crippen LogP contribution in [0.3, 0.4) is 0 Å². The summed E-state index contributed by atoms with van der Waals surface area (Å²) >= 11 is 0. The Morgan fingerprint density at radius 2 is 2.16 bits per heavy atom. The number of hydrogen-bond acceptors (Lipinski definition) is 7. The van der Waals surface area contributed by atoms with Crippen molar-refractivity contribution in [3.05, 3.63) is 70.5 Å². The molecule has 1 saturated heterocycles. The fraction of sp³-hybridized carbons (Fsp3) is 0.385. The molecule has 0 aromatic carbocycles. The number of H-pyrrole nitrogens is 1. The number of ether oxygens (including phenoxy) is 1. The maximum atomic E-state index is 14.4. The number of nitrogens with one attached hydrogen (secondary N) is 3. The number of anilines is 1. The average molecular weight is 505 g/mol. The van der Waals surface area contributed by atoms with Crippen LogP contribution < -0.4 is 15.5 Å². The van der Waals surface area contributed by atoms with Crippen LogP contribution in [-0.2, 0) is 11.2 Å². The normalized spacial score (nSPS) is 19.9. The van der Waals surface area contributed by atoms with Gasteiger partial charge >= 0.3 is 6.01 Å². The van der Waals surface area contributed by atoms with E-state index in [4.69, 9.17) is 15.1 Å². The minimum absolute atomic E-state index is 0.0306. The van der Waals surface area contributed by atoms with E-state index in [1.807, 2.05) is 31.2 Å². The number of fused-ring (bicyclic) bond motifs is 1. The molecule has 2 aliphatic heterocycles. The van der Waals surface area contributed by atoms with Gasteiger partial charge in [-0.25, -0.2) is 19.4 Å². The van der Waals surface area contributed by atoms with Gasteiger partial charge in [-0.2, -0.15) is 4.98 Å². The van der Waals surface area contributed by atoms with Gasteiger partial charge in [-0.3, -0.25) is 10.2 Å². The third kappa shape index (κ3) is 4.81. The van der Waals surface area contributed by atoms with Crippen molar-refractivity contribution >= 4 is 17.6 Å². The minimum atomic E-state index is -0.762. The smallest absolute Gasteiger partial charge is 0.316 e. The van der Waals surface area contributed by atoms with Crippen molar-refractivity contribution in [2.45, 2.75) is 44.6 Å². The average Bonchev–Trinajstić information content (AvgIpc) is 3.31. The van der Waals surface area contributed by atoms with Crippen LogP contribution in [0.1, 0.15) is 48.2 Å². The van der Waals surface area contributed by atoms with E-state index in [9.17, 15) is 9.18 Å². The molecule has 1 spiro atoms. The Morgan fingerprint density at radius 3 is 2.92 bits per heavy atom. The predicted octanol–water partition coefficient (Wildman–Crippen LogP) is 2.71. The highest BCUT2D eigenvalue weighted by molar-refractivity contribution is 5.98. The summed E-state index contributed by atoms with van der Waals surface area (Å²) in [6, 6.07) is 7.55. The molecule has 3 aromatic rings. The molecule has 37 heavy (non-hydrogen) atoms. The van der Waals surface area contributed by atoms with Crippen molar-refractivity contribution in [3.63, 3.8) is 0 Å². The van der Waals surface area contributed by atoms with E-state index in [0.717, 1.165) is 36.8 Å². The number of rotatable bonds is 4. The third-order valence-electron chi connectivity index (χ3n) is 7.11. The van der Waals surface area contributed by atoms with Gasteiger partial charge < -0.3 is 19.9 Å². The maximum Gasteiger partial charge on any atom is 0.316 e. The molecule has 3 N–H and O–H groups in total. The van der Waals surface area contributed by atoms with Gasteiger partial charge in [0.1, 0.15) is 11.3 Å². The van der Waals surface area contributed by atoms with Crippen LogP contribution >= 0.6 is 0 Å². The Hall–Kier alpha value is -4.15. The summed E-state index contributed by atoms with van der Waals surface area (Å²) in [5, 5.41) is 12.1. The molecule has 1 amide bonds. The third-order valence-corrected chi connectivity index (χ3v) is 7.11. The molecule has 0 aliphatic carbocycles. The number of carbonyl (C=O) groups excluding carboxylic acids is 1. The summed E-state index contributed by atoms with van der Waals surface area (Å²) in [5.74, 6) is -0.645. The van der Waals surface area contributed by atoms with Crippen molar-refractivity contribution in [3.8, 4) is 6.01 Å². The molecule has 0 saturated carbocycles. The largest absolute Gasteiger partial charge is 0.467 e. The Labute approximate surface area is 213 Å². The Morgan fingerprint density at radius 1 is 1.32 bits per heavy atom. The van der Waals surface area contributed by atoms with Crippen LogP contribution in [0.15, 0.2) is 41.7 Å². The van der Waals surface area contributed by atoms with Gasteiger partial charge in [-0.1, -0.05) is 6.07 Å². The quantitative estimate of drug-likeness (QED) is 0.370. The maximum absolute atomic E-state index is 14.4. The van der Waals surface area contributed by atoms with Gasteiger partial charge in [-0.05, 0) is 56.9 Å². The molecule has 3 aromatic heterocycles. The molecule has 0 bridgehead atoms. The molecule has 5 heterocycles. The Kier molecular flexibility index (Phi) is 6.45. The topological polar surface area (TPSA) is 132 Å². The summed E-state index contributed by atoms with van der Waals surface area (Å²) in [6.07, 6.45) is 5.14. The van der Waals surface area contributed by atoms with Crippen LogP contribution in [0.5, 0.6) is 6.01 Å². The molecule has 0 radical (unpaired) electrons. The first-order valence-electron chi connectivity index (χ1n) is 12.2. The minimum Gasteiger partial charge on any atom is -0.467 e. The zero-order chi connectivity index (χ0) is 26.2. The van der Waals surface area contributed by atoms with Gasteiger partial charge in [0.2, 0.25) is 5.91 Å². The predicted molar refractivity (Wildman–Crippen MR) is 135 cm³/mol. The van der Waals surface area contributed by atoms with Crippen LogP contribution in [0, 0.1) is 18.2 Å². The number of nitrogens with zero attached hydrogens (tertiary/aromatic N) is 5. The standard InChI is InChI=1S/C26H29FN8O2/c1-15(21-19(27)13-30-25(33-21)37-3)24(36)35-11-9-26(14-35)8-7-17-12-18(16(2)31-23(17)34-26)22(28)32-20-6-4-5-10-29-20/h4-6,10,12-13,15H,7-9,11,14H2,1-3H3,(H,31,34)(H2,28,29,32)/t15-,26-/m0/s1. The molecule has 10 nitrogen and oxygen atoms in total. The van der Waals surface area contributed by atoms with E-state index in [0.29, 0.717) is 29.8 Å². The second-order valence-electron chi connectivity index (χ2n) is 9.56. The lowest BCUT2D eigenvalue weighted by atomic mass is 9.86. The lowest BCUT2D eigenvalue weighted by Crippen LogP contribution is -2.46. The number of hydrogen-bond donors (Lipinski definition) is 3.